The Labute approximate surface area is 75.2 Å². The van der Waals surface area contributed by atoms with Gasteiger partial charge in [-0.2, -0.15) is 5.10 Å². The molecule has 0 aromatic rings. The zero-order chi connectivity index (χ0) is 9.41. The van der Waals surface area contributed by atoms with E-state index in [9.17, 15) is 0 Å². The number of nitrogens with two attached hydrogens (primary N) is 1. The molecule has 0 radical (unpaired) electrons. The first-order chi connectivity index (χ1) is 5.35. The third-order valence-electron chi connectivity index (χ3n) is 2.50. The third-order valence-corrected chi connectivity index (χ3v) is 2.50. The Morgan fingerprint density at radius 1 is 1.08 bits per heavy atom. The van der Waals surface area contributed by atoms with Gasteiger partial charge in [0, 0.05) is 5.71 Å². The highest BCUT2D eigenvalue weighted by Gasteiger charge is 2.36. The molecule has 0 bridgehead atoms. The summed E-state index contributed by atoms with van der Waals surface area (Å²) in [5.74, 6) is 5.33. The van der Waals surface area contributed by atoms with E-state index < -0.39 is 0 Å². The van der Waals surface area contributed by atoms with Crippen LogP contribution in [0.2, 0.25) is 0 Å². The molecule has 0 aliphatic heterocycles. The fraction of sp³-hybridized carbons (Fsp3) is 0.900. The molecule has 0 atom stereocenters. The Hall–Kier alpha value is -0.530. The van der Waals surface area contributed by atoms with Gasteiger partial charge in [-0.05, 0) is 30.1 Å². The number of nitrogens with zero attached hydrogens (tertiary/aromatic N) is 1. The number of rotatable bonds is 0. The van der Waals surface area contributed by atoms with Gasteiger partial charge in [0.1, 0.15) is 0 Å². The SMILES string of the molecule is CC1(C)CC(=NN)CC(C)(C)C1. The van der Waals surface area contributed by atoms with Crippen molar-refractivity contribution in [2.24, 2.45) is 21.8 Å². The monoisotopic (exact) mass is 168 g/mol. The molecule has 2 heteroatoms. The molecule has 1 fully saturated rings. The van der Waals surface area contributed by atoms with E-state index in [1.165, 1.54) is 12.1 Å². The van der Waals surface area contributed by atoms with Crippen LogP contribution in [0.5, 0.6) is 0 Å². The van der Waals surface area contributed by atoms with Gasteiger partial charge in [0.15, 0.2) is 0 Å². The summed E-state index contributed by atoms with van der Waals surface area (Å²) in [7, 11) is 0. The summed E-state index contributed by atoms with van der Waals surface area (Å²) in [6.07, 6.45) is 3.39. The lowest BCUT2D eigenvalue weighted by Gasteiger charge is -2.40. The molecule has 0 aromatic heterocycles. The highest BCUT2D eigenvalue weighted by Crippen LogP contribution is 2.44. The molecule has 0 heterocycles. The van der Waals surface area contributed by atoms with Crippen molar-refractivity contribution in [1.29, 1.82) is 0 Å². The molecule has 1 rings (SSSR count). The van der Waals surface area contributed by atoms with Crippen LogP contribution in [0.4, 0.5) is 0 Å². The molecule has 1 aliphatic carbocycles. The van der Waals surface area contributed by atoms with E-state index in [4.69, 9.17) is 5.84 Å². The molecule has 1 saturated carbocycles. The van der Waals surface area contributed by atoms with E-state index >= 15 is 0 Å². The van der Waals surface area contributed by atoms with Crippen molar-refractivity contribution in [2.45, 2.75) is 47.0 Å². The first-order valence-electron chi connectivity index (χ1n) is 4.60. The lowest BCUT2D eigenvalue weighted by Crippen LogP contribution is -2.34. The maximum Gasteiger partial charge on any atom is 0.0386 e. The van der Waals surface area contributed by atoms with Crippen molar-refractivity contribution in [1.82, 2.24) is 0 Å². The summed E-state index contributed by atoms with van der Waals surface area (Å²) in [6, 6.07) is 0. The first-order valence-corrected chi connectivity index (χ1v) is 4.60. The molecule has 12 heavy (non-hydrogen) atoms. The molecule has 0 aromatic carbocycles. The minimum absolute atomic E-state index is 0.375. The van der Waals surface area contributed by atoms with Gasteiger partial charge in [0.05, 0.1) is 0 Å². The van der Waals surface area contributed by atoms with E-state index in [0.29, 0.717) is 10.8 Å². The van der Waals surface area contributed by atoms with Crippen LogP contribution in [0.1, 0.15) is 47.0 Å². The topological polar surface area (TPSA) is 38.4 Å². The number of hydrogen-bond donors (Lipinski definition) is 1. The average Bonchev–Trinajstić information content (AvgIpc) is 1.80. The van der Waals surface area contributed by atoms with E-state index in [1.807, 2.05) is 0 Å². The Balaban J connectivity index is 2.80. The summed E-state index contributed by atoms with van der Waals surface area (Å²) >= 11 is 0. The predicted molar refractivity (Wildman–Crippen MR) is 53.0 cm³/mol. The minimum Gasteiger partial charge on any atom is -0.323 e. The Morgan fingerprint density at radius 3 is 1.83 bits per heavy atom. The van der Waals surface area contributed by atoms with Gasteiger partial charge in [0.2, 0.25) is 0 Å². The van der Waals surface area contributed by atoms with Crippen LogP contribution >= 0.6 is 0 Å². The summed E-state index contributed by atoms with van der Waals surface area (Å²) in [4.78, 5) is 0. The van der Waals surface area contributed by atoms with Crippen molar-refractivity contribution in [3.8, 4) is 0 Å². The van der Waals surface area contributed by atoms with Crippen LogP contribution in [-0.4, -0.2) is 5.71 Å². The van der Waals surface area contributed by atoms with E-state index in [0.717, 1.165) is 12.8 Å². The highest BCUT2D eigenvalue weighted by molar-refractivity contribution is 5.86. The highest BCUT2D eigenvalue weighted by atomic mass is 15.1. The van der Waals surface area contributed by atoms with E-state index in [1.54, 1.807) is 0 Å². The fourth-order valence-corrected chi connectivity index (χ4v) is 2.68. The van der Waals surface area contributed by atoms with E-state index in [-0.39, 0.29) is 0 Å². The molecule has 0 saturated heterocycles. The van der Waals surface area contributed by atoms with Gasteiger partial charge < -0.3 is 5.84 Å². The van der Waals surface area contributed by atoms with Crippen LogP contribution in [0.25, 0.3) is 0 Å². The van der Waals surface area contributed by atoms with Crippen molar-refractivity contribution < 1.29 is 0 Å². The van der Waals surface area contributed by atoms with Gasteiger partial charge in [-0.3, -0.25) is 0 Å². The maximum atomic E-state index is 5.33. The van der Waals surface area contributed by atoms with Gasteiger partial charge in [0.25, 0.3) is 0 Å². The summed E-state index contributed by atoms with van der Waals surface area (Å²) in [5, 5.41) is 3.86. The number of hydrogen-bond acceptors (Lipinski definition) is 2. The van der Waals surface area contributed by atoms with Crippen LogP contribution in [0, 0.1) is 10.8 Å². The van der Waals surface area contributed by atoms with Crippen LogP contribution in [-0.2, 0) is 0 Å². The lowest BCUT2D eigenvalue weighted by atomic mass is 9.65. The zero-order valence-electron chi connectivity index (χ0n) is 8.65. The summed E-state index contributed by atoms with van der Waals surface area (Å²) in [5.41, 5.74) is 1.93. The molecular weight excluding hydrogens is 148 g/mol. The smallest absolute Gasteiger partial charge is 0.0386 e. The first kappa shape index (κ1) is 9.56. The van der Waals surface area contributed by atoms with Crippen molar-refractivity contribution >= 4 is 5.71 Å². The largest absolute Gasteiger partial charge is 0.323 e. The Kier molecular flexibility index (Phi) is 2.19. The van der Waals surface area contributed by atoms with Gasteiger partial charge in [-0.25, -0.2) is 0 Å². The maximum absolute atomic E-state index is 5.33. The van der Waals surface area contributed by atoms with Gasteiger partial charge >= 0.3 is 0 Å². The van der Waals surface area contributed by atoms with E-state index in [2.05, 4.69) is 32.8 Å². The zero-order valence-corrected chi connectivity index (χ0v) is 8.65. The standard InChI is InChI=1S/C10H20N2/c1-9(2)5-8(12-11)6-10(3,4)7-9/h5-7,11H2,1-4H3. The van der Waals surface area contributed by atoms with Gasteiger partial charge in [-0.1, -0.05) is 27.7 Å². The number of hydrazone groups is 1. The fourth-order valence-electron chi connectivity index (χ4n) is 2.68. The second kappa shape index (κ2) is 2.75. The Bertz CT molecular complexity index is 184. The van der Waals surface area contributed by atoms with Crippen LogP contribution in [0.15, 0.2) is 5.10 Å². The molecule has 2 N–H and O–H groups in total. The second-order valence-corrected chi connectivity index (χ2v) is 5.55. The van der Waals surface area contributed by atoms with Crippen LogP contribution in [0.3, 0.4) is 0 Å². The molecule has 1 aliphatic rings. The third kappa shape index (κ3) is 2.23. The summed E-state index contributed by atoms with van der Waals surface area (Å²) < 4.78 is 0. The molecule has 0 amide bonds. The molecule has 0 spiro atoms. The minimum atomic E-state index is 0.375. The average molecular weight is 168 g/mol. The van der Waals surface area contributed by atoms with Gasteiger partial charge in [-0.15, -0.1) is 0 Å². The van der Waals surface area contributed by atoms with Crippen molar-refractivity contribution in [3.63, 3.8) is 0 Å². The molecular formula is C10H20N2. The quantitative estimate of drug-likeness (QED) is 0.438. The molecule has 70 valence electrons. The van der Waals surface area contributed by atoms with Crippen molar-refractivity contribution in [3.05, 3.63) is 0 Å². The molecule has 0 unspecified atom stereocenters. The predicted octanol–water partition coefficient (Wildman–Crippen LogP) is 2.54. The normalized spacial score (nSPS) is 26.8. The van der Waals surface area contributed by atoms with Crippen LogP contribution < -0.4 is 5.84 Å². The second-order valence-electron chi connectivity index (χ2n) is 5.55. The molecule has 2 nitrogen and oxygen atoms in total. The van der Waals surface area contributed by atoms with Crippen molar-refractivity contribution in [2.75, 3.05) is 0 Å². The lowest BCUT2D eigenvalue weighted by molar-refractivity contribution is 0.182. The Morgan fingerprint density at radius 2 is 1.50 bits per heavy atom. The summed E-state index contributed by atoms with van der Waals surface area (Å²) in [6.45, 7) is 9.16.